The number of rotatable bonds is 7. The van der Waals surface area contributed by atoms with Crippen molar-refractivity contribution < 1.29 is 9.47 Å². The first-order chi connectivity index (χ1) is 12.8. The van der Waals surface area contributed by atoms with Gasteiger partial charge in [0.05, 0.1) is 26.1 Å². The van der Waals surface area contributed by atoms with Crippen molar-refractivity contribution in [1.29, 1.82) is 0 Å². The standard InChI is InChI=1S/C20H22N4O2/c1-25-16-8-9-20(26-2)19(10-16)24-13-15(22-23-24)12-21-18-11-17(18)14-6-4-3-5-7-14/h3-10,13,17-18,21H,11-12H2,1-2H3/t17-,18+/m0/s1. The van der Waals surface area contributed by atoms with Gasteiger partial charge in [0.2, 0.25) is 0 Å². The molecule has 0 radical (unpaired) electrons. The molecule has 1 N–H and O–H groups in total. The molecule has 1 aromatic heterocycles. The molecule has 6 nitrogen and oxygen atoms in total. The zero-order chi connectivity index (χ0) is 17.9. The highest BCUT2D eigenvalue weighted by Gasteiger charge is 2.37. The number of nitrogens with zero attached hydrogens (tertiary/aromatic N) is 3. The number of hydrogen-bond donors (Lipinski definition) is 1. The molecular weight excluding hydrogens is 328 g/mol. The van der Waals surface area contributed by atoms with Gasteiger partial charge in [0, 0.05) is 24.6 Å². The average molecular weight is 350 g/mol. The summed E-state index contributed by atoms with van der Waals surface area (Å²) in [7, 11) is 3.28. The first-order valence-electron chi connectivity index (χ1n) is 8.70. The fraction of sp³-hybridized carbons (Fsp3) is 0.300. The topological polar surface area (TPSA) is 61.2 Å². The van der Waals surface area contributed by atoms with Crippen LogP contribution in [-0.4, -0.2) is 35.3 Å². The zero-order valence-corrected chi connectivity index (χ0v) is 14.9. The summed E-state index contributed by atoms with van der Waals surface area (Å²) in [5.41, 5.74) is 3.10. The highest BCUT2D eigenvalue weighted by atomic mass is 16.5. The van der Waals surface area contributed by atoms with Crippen LogP contribution in [0.5, 0.6) is 11.5 Å². The van der Waals surface area contributed by atoms with E-state index < -0.39 is 0 Å². The number of ether oxygens (including phenoxy) is 2. The second-order valence-corrected chi connectivity index (χ2v) is 6.43. The average Bonchev–Trinajstić information content (AvgIpc) is 3.33. The third-order valence-corrected chi connectivity index (χ3v) is 4.74. The first kappa shape index (κ1) is 16.6. The predicted octanol–water partition coefficient (Wildman–Crippen LogP) is 2.93. The molecule has 1 fully saturated rings. The Morgan fingerprint density at radius 3 is 2.73 bits per heavy atom. The van der Waals surface area contributed by atoms with Gasteiger partial charge in [0.15, 0.2) is 0 Å². The minimum Gasteiger partial charge on any atom is -0.497 e. The number of aromatic nitrogens is 3. The van der Waals surface area contributed by atoms with Gasteiger partial charge in [-0.05, 0) is 24.1 Å². The summed E-state index contributed by atoms with van der Waals surface area (Å²) in [5.74, 6) is 2.07. The molecule has 0 amide bonds. The molecule has 0 saturated heterocycles. The molecule has 0 unspecified atom stereocenters. The van der Waals surface area contributed by atoms with Crippen molar-refractivity contribution in [3.05, 3.63) is 66.0 Å². The van der Waals surface area contributed by atoms with Crippen LogP contribution in [0.25, 0.3) is 5.69 Å². The Hall–Kier alpha value is -2.86. The van der Waals surface area contributed by atoms with Crippen molar-refractivity contribution in [1.82, 2.24) is 20.3 Å². The summed E-state index contributed by atoms with van der Waals surface area (Å²) in [4.78, 5) is 0. The summed E-state index contributed by atoms with van der Waals surface area (Å²) in [5, 5.41) is 12.1. The van der Waals surface area contributed by atoms with E-state index in [-0.39, 0.29) is 0 Å². The van der Waals surface area contributed by atoms with Crippen molar-refractivity contribution in [2.45, 2.75) is 24.9 Å². The number of methoxy groups -OCH3 is 2. The van der Waals surface area contributed by atoms with E-state index in [9.17, 15) is 0 Å². The van der Waals surface area contributed by atoms with Gasteiger partial charge in [-0.1, -0.05) is 35.5 Å². The molecule has 2 aromatic carbocycles. The lowest BCUT2D eigenvalue weighted by Gasteiger charge is -2.09. The molecule has 0 spiro atoms. The second-order valence-electron chi connectivity index (χ2n) is 6.43. The number of nitrogens with one attached hydrogen (secondary N) is 1. The van der Waals surface area contributed by atoms with E-state index in [2.05, 4.69) is 46.0 Å². The van der Waals surface area contributed by atoms with Crippen molar-refractivity contribution >= 4 is 0 Å². The smallest absolute Gasteiger partial charge is 0.144 e. The molecule has 1 aliphatic rings. The Labute approximate surface area is 152 Å². The molecule has 2 atom stereocenters. The van der Waals surface area contributed by atoms with Crippen LogP contribution in [0.2, 0.25) is 0 Å². The molecule has 1 heterocycles. The van der Waals surface area contributed by atoms with Gasteiger partial charge in [-0.3, -0.25) is 0 Å². The molecule has 3 aromatic rings. The highest BCUT2D eigenvalue weighted by molar-refractivity contribution is 5.50. The molecule has 0 aliphatic heterocycles. The maximum Gasteiger partial charge on any atom is 0.144 e. The summed E-state index contributed by atoms with van der Waals surface area (Å²) >= 11 is 0. The Balaban J connectivity index is 1.41. The van der Waals surface area contributed by atoms with Gasteiger partial charge in [0.1, 0.15) is 17.2 Å². The minimum absolute atomic E-state index is 0.508. The second kappa shape index (κ2) is 7.17. The lowest BCUT2D eigenvalue weighted by atomic mass is 10.1. The van der Waals surface area contributed by atoms with E-state index in [0.717, 1.165) is 22.9 Å². The van der Waals surface area contributed by atoms with Crippen molar-refractivity contribution in [2.24, 2.45) is 0 Å². The predicted molar refractivity (Wildman–Crippen MR) is 98.9 cm³/mol. The van der Waals surface area contributed by atoms with Gasteiger partial charge in [-0.25, -0.2) is 4.68 Å². The van der Waals surface area contributed by atoms with Crippen LogP contribution in [-0.2, 0) is 6.54 Å². The monoisotopic (exact) mass is 350 g/mol. The lowest BCUT2D eigenvalue weighted by Crippen LogP contribution is -2.17. The van der Waals surface area contributed by atoms with Crippen LogP contribution < -0.4 is 14.8 Å². The lowest BCUT2D eigenvalue weighted by molar-refractivity contribution is 0.400. The largest absolute Gasteiger partial charge is 0.497 e. The normalized spacial score (nSPS) is 18.5. The van der Waals surface area contributed by atoms with Gasteiger partial charge >= 0.3 is 0 Å². The van der Waals surface area contributed by atoms with Crippen molar-refractivity contribution in [3.63, 3.8) is 0 Å². The fourth-order valence-corrected chi connectivity index (χ4v) is 3.20. The quantitative estimate of drug-likeness (QED) is 0.710. The molecule has 4 rings (SSSR count). The van der Waals surface area contributed by atoms with Gasteiger partial charge in [-0.2, -0.15) is 0 Å². The molecule has 134 valence electrons. The Bertz CT molecular complexity index is 879. The van der Waals surface area contributed by atoms with Gasteiger partial charge in [-0.15, -0.1) is 5.10 Å². The zero-order valence-electron chi connectivity index (χ0n) is 14.9. The first-order valence-corrected chi connectivity index (χ1v) is 8.70. The van der Waals surface area contributed by atoms with Gasteiger partial charge < -0.3 is 14.8 Å². The minimum atomic E-state index is 0.508. The molecule has 0 bridgehead atoms. The summed E-state index contributed by atoms with van der Waals surface area (Å²) < 4.78 is 12.4. The van der Waals surface area contributed by atoms with E-state index in [1.807, 2.05) is 24.4 Å². The third-order valence-electron chi connectivity index (χ3n) is 4.74. The molecular formula is C20H22N4O2. The van der Waals surface area contributed by atoms with Crippen LogP contribution in [0.3, 0.4) is 0 Å². The Morgan fingerprint density at radius 1 is 1.12 bits per heavy atom. The van der Waals surface area contributed by atoms with E-state index in [0.29, 0.717) is 18.5 Å². The number of benzene rings is 2. The number of hydrogen-bond acceptors (Lipinski definition) is 5. The van der Waals surface area contributed by atoms with E-state index in [4.69, 9.17) is 9.47 Å². The maximum absolute atomic E-state index is 5.42. The van der Waals surface area contributed by atoms with Crippen LogP contribution in [0.15, 0.2) is 54.7 Å². The van der Waals surface area contributed by atoms with Crippen LogP contribution >= 0.6 is 0 Å². The summed E-state index contributed by atoms with van der Waals surface area (Å²) in [6.07, 6.45) is 3.09. The Kier molecular flexibility index (Phi) is 4.58. The van der Waals surface area contributed by atoms with Gasteiger partial charge in [0.25, 0.3) is 0 Å². The van der Waals surface area contributed by atoms with E-state index >= 15 is 0 Å². The maximum atomic E-state index is 5.42. The van der Waals surface area contributed by atoms with Crippen molar-refractivity contribution in [3.8, 4) is 17.2 Å². The SMILES string of the molecule is COc1ccc(OC)c(-n2cc(CN[C@@H]3C[C@H]3c3ccccc3)nn2)c1. The summed E-state index contributed by atoms with van der Waals surface area (Å²) in [6.45, 7) is 0.695. The third kappa shape index (κ3) is 3.41. The van der Waals surface area contributed by atoms with E-state index in [1.165, 1.54) is 12.0 Å². The van der Waals surface area contributed by atoms with E-state index in [1.54, 1.807) is 18.9 Å². The van der Waals surface area contributed by atoms with Crippen LogP contribution in [0.1, 0.15) is 23.6 Å². The molecule has 1 saturated carbocycles. The molecule has 6 heteroatoms. The fourth-order valence-electron chi connectivity index (χ4n) is 3.20. The van der Waals surface area contributed by atoms with Crippen LogP contribution in [0.4, 0.5) is 0 Å². The molecule has 1 aliphatic carbocycles. The summed E-state index contributed by atoms with van der Waals surface area (Å²) in [6, 6.07) is 16.7. The molecule has 26 heavy (non-hydrogen) atoms. The highest BCUT2D eigenvalue weighted by Crippen LogP contribution is 2.40. The van der Waals surface area contributed by atoms with Crippen molar-refractivity contribution in [2.75, 3.05) is 14.2 Å². The Morgan fingerprint density at radius 2 is 1.96 bits per heavy atom. The van der Waals surface area contributed by atoms with Crippen LogP contribution in [0, 0.1) is 0 Å².